The van der Waals surface area contributed by atoms with Crippen LogP contribution in [0.5, 0.6) is 0 Å². The quantitative estimate of drug-likeness (QED) is 0.789. The molecule has 0 aliphatic carbocycles. The number of para-hydroxylation sites is 1. The van der Waals surface area contributed by atoms with E-state index in [-0.39, 0.29) is 6.54 Å². The Bertz CT molecular complexity index is 337. The average Bonchev–Trinajstić information content (AvgIpc) is 2.29. The van der Waals surface area contributed by atoms with Crippen LogP contribution in [0.25, 0.3) is 0 Å². The van der Waals surface area contributed by atoms with Gasteiger partial charge in [0.1, 0.15) is 6.54 Å². The number of carbonyl (C=O) groups is 1. The van der Waals surface area contributed by atoms with Crippen LogP contribution < -0.4 is 4.90 Å². The SMILES string of the molecule is CCCC(C)CN(CC(=O)O)c1ccccc1. The molecule has 0 aliphatic rings. The smallest absolute Gasteiger partial charge is 0.323 e. The summed E-state index contributed by atoms with van der Waals surface area (Å²) in [5.41, 5.74) is 0.984. The number of aliphatic carboxylic acids is 1. The normalized spacial score (nSPS) is 12.1. The molecule has 0 amide bonds. The highest BCUT2D eigenvalue weighted by molar-refractivity contribution is 5.73. The number of benzene rings is 1. The van der Waals surface area contributed by atoms with Crippen LogP contribution in [0.4, 0.5) is 5.69 Å². The third-order valence-corrected chi connectivity index (χ3v) is 2.76. The Labute approximate surface area is 103 Å². The Balaban J connectivity index is 2.70. The Hall–Kier alpha value is -1.51. The number of hydrogen-bond acceptors (Lipinski definition) is 2. The molecule has 1 rings (SSSR count). The van der Waals surface area contributed by atoms with Crippen LogP contribution in [0.1, 0.15) is 26.7 Å². The van der Waals surface area contributed by atoms with Gasteiger partial charge >= 0.3 is 5.97 Å². The van der Waals surface area contributed by atoms with Crippen molar-refractivity contribution in [3.05, 3.63) is 30.3 Å². The van der Waals surface area contributed by atoms with Gasteiger partial charge in [0, 0.05) is 12.2 Å². The second kappa shape index (κ2) is 6.94. The number of hydrogen-bond donors (Lipinski definition) is 1. The zero-order valence-corrected chi connectivity index (χ0v) is 10.6. The van der Waals surface area contributed by atoms with Crippen molar-refractivity contribution < 1.29 is 9.90 Å². The standard InChI is InChI=1S/C14H21NO2/c1-3-7-12(2)10-15(11-14(16)17)13-8-5-4-6-9-13/h4-6,8-9,12H,3,7,10-11H2,1-2H3,(H,16,17). The molecule has 1 aromatic carbocycles. The Morgan fingerprint density at radius 2 is 2.00 bits per heavy atom. The molecule has 0 radical (unpaired) electrons. The highest BCUT2D eigenvalue weighted by atomic mass is 16.4. The van der Waals surface area contributed by atoms with Crippen molar-refractivity contribution in [1.29, 1.82) is 0 Å². The lowest BCUT2D eigenvalue weighted by atomic mass is 10.1. The monoisotopic (exact) mass is 235 g/mol. The van der Waals surface area contributed by atoms with Crippen molar-refractivity contribution >= 4 is 11.7 Å². The lowest BCUT2D eigenvalue weighted by molar-refractivity contribution is -0.135. The number of nitrogens with zero attached hydrogens (tertiary/aromatic N) is 1. The lowest BCUT2D eigenvalue weighted by Gasteiger charge is -2.26. The van der Waals surface area contributed by atoms with E-state index < -0.39 is 5.97 Å². The molecule has 1 unspecified atom stereocenters. The van der Waals surface area contributed by atoms with Crippen molar-refractivity contribution in [2.45, 2.75) is 26.7 Å². The summed E-state index contributed by atoms with van der Waals surface area (Å²) in [5.74, 6) is -0.267. The molecular weight excluding hydrogens is 214 g/mol. The van der Waals surface area contributed by atoms with Gasteiger partial charge in [0.15, 0.2) is 0 Å². The summed E-state index contributed by atoms with van der Waals surface area (Å²) in [6.45, 7) is 5.18. The van der Waals surface area contributed by atoms with E-state index in [1.165, 1.54) is 0 Å². The summed E-state index contributed by atoms with van der Waals surface area (Å²) in [6.07, 6.45) is 2.26. The first kappa shape index (κ1) is 13.6. The minimum atomic E-state index is -0.780. The minimum Gasteiger partial charge on any atom is -0.480 e. The zero-order valence-electron chi connectivity index (χ0n) is 10.6. The fourth-order valence-electron chi connectivity index (χ4n) is 2.02. The van der Waals surface area contributed by atoms with Crippen LogP contribution in [0.3, 0.4) is 0 Å². The van der Waals surface area contributed by atoms with Crippen LogP contribution >= 0.6 is 0 Å². The summed E-state index contributed by atoms with van der Waals surface area (Å²) in [4.78, 5) is 12.8. The molecule has 3 nitrogen and oxygen atoms in total. The van der Waals surface area contributed by atoms with Crippen molar-refractivity contribution in [2.24, 2.45) is 5.92 Å². The van der Waals surface area contributed by atoms with Gasteiger partial charge < -0.3 is 10.0 Å². The second-order valence-electron chi connectivity index (χ2n) is 4.50. The maximum Gasteiger partial charge on any atom is 0.323 e. The third-order valence-electron chi connectivity index (χ3n) is 2.76. The van der Waals surface area contributed by atoms with Crippen molar-refractivity contribution in [1.82, 2.24) is 0 Å². The lowest BCUT2D eigenvalue weighted by Crippen LogP contribution is -2.33. The van der Waals surface area contributed by atoms with Gasteiger partial charge in [0.05, 0.1) is 0 Å². The molecule has 1 N–H and O–H groups in total. The highest BCUT2D eigenvalue weighted by Crippen LogP contribution is 2.16. The summed E-state index contributed by atoms with van der Waals surface area (Å²) in [7, 11) is 0. The fraction of sp³-hybridized carbons (Fsp3) is 0.500. The molecule has 0 aliphatic heterocycles. The summed E-state index contributed by atoms with van der Waals surface area (Å²) >= 11 is 0. The van der Waals surface area contributed by atoms with E-state index in [0.29, 0.717) is 5.92 Å². The Kier molecular flexibility index (Phi) is 5.53. The first-order chi connectivity index (χ1) is 8.13. The number of carboxylic acids is 1. The predicted octanol–water partition coefficient (Wildman–Crippen LogP) is 3.01. The van der Waals surface area contributed by atoms with Crippen LogP contribution in [0.2, 0.25) is 0 Å². The van der Waals surface area contributed by atoms with Gasteiger partial charge in [-0.3, -0.25) is 4.79 Å². The predicted molar refractivity (Wildman–Crippen MR) is 70.4 cm³/mol. The maximum absolute atomic E-state index is 10.9. The van der Waals surface area contributed by atoms with E-state index in [9.17, 15) is 4.79 Å². The van der Waals surface area contributed by atoms with Crippen molar-refractivity contribution in [3.8, 4) is 0 Å². The molecule has 1 aromatic rings. The van der Waals surface area contributed by atoms with Gasteiger partial charge in [-0.25, -0.2) is 0 Å². The zero-order chi connectivity index (χ0) is 12.7. The second-order valence-corrected chi connectivity index (χ2v) is 4.50. The van der Waals surface area contributed by atoms with Crippen LogP contribution in [0.15, 0.2) is 30.3 Å². The van der Waals surface area contributed by atoms with E-state index in [0.717, 1.165) is 25.1 Å². The van der Waals surface area contributed by atoms with E-state index in [1.807, 2.05) is 35.2 Å². The molecule has 0 aromatic heterocycles. The molecule has 1 atom stereocenters. The first-order valence-electron chi connectivity index (χ1n) is 6.15. The number of rotatable bonds is 7. The molecule has 17 heavy (non-hydrogen) atoms. The van der Waals surface area contributed by atoms with E-state index >= 15 is 0 Å². The number of anilines is 1. The molecule has 0 bridgehead atoms. The molecule has 0 saturated heterocycles. The first-order valence-corrected chi connectivity index (χ1v) is 6.15. The molecule has 94 valence electrons. The Morgan fingerprint density at radius 1 is 1.35 bits per heavy atom. The number of carboxylic acid groups (broad SMARTS) is 1. The Morgan fingerprint density at radius 3 is 2.53 bits per heavy atom. The van der Waals surface area contributed by atoms with E-state index in [4.69, 9.17) is 5.11 Å². The van der Waals surface area contributed by atoms with Gasteiger partial charge in [-0.15, -0.1) is 0 Å². The van der Waals surface area contributed by atoms with E-state index in [1.54, 1.807) is 0 Å². The largest absolute Gasteiger partial charge is 0.480 e. The summed E-state index contributed by atoms with van der Waals surface area (Å²) in [5, 5.41) is 8.95. The van der Waals surface area contributed by atoms with E-state index in [2.05, 4.69) is 13.8 Å². The minimum absolute atomic E-state index is 0.0675. The van der Waals surface area contributed by atoms with Crippen molar-refractivity contribution in [2.75, 3.05) is 18.0 Å². The molecule has 0 fully saturated rings. The highest BCUT2D eigenvalue weighted by Gasteiger charge is 2.13. The maximum atomic E-state index is 10.9. The molecule has 0 saturated carbocycles. The molecule has 0 spiro atoms. The van der Waals surface area contributed by atoms with Gasteiger partial charge in [-0.1, -0.05) is 38.5 Å². The fourth-order valence-corrected chi connectivity index (χ4v) is 2.02. The van der Waals surface area contributed by atoms with Crippen LogP contribution in [0, 0.1) is 5.92 Å². The third kappa shape index (κ3) is 4.89. The van der Waals surface area contributed by atoms with Crippen molar-refractivity contribution in [3.63, 3.8) is 0 Å². The van der Waals surface area contributed by atoms with Gasteiger partial charge in [0.25, 0.3) is 0 Å². The summed E-state index contributed by atoms with van der Waals surface area (Å²) in [6, 6.07) is 9.74. The van der Waals surface area contributed by atoms with Gasteiger partial charge in [0.2, 0.25) is 0 Å². The van der Waals surface area contributed by atoms with Crippen LogP contribution in [-0.2, 0) is 4.79 Å². The van der Waals surface area contributed by atoms with Crippen LogP contribution in [-0.4, -0.2) is 24.2 Å². The molecule has 0 heterocycles. The van der Waals surface area contributed by atoms with Gasteiger partial charge in [-0.05, 0) is 24.5 Å². The topological polar surface area (TPSA) is 40.5 Å². The summed E-state index contributed by atoms with van der Waals surface area (Å²) < 4.78 is 0. The molecular formula is C14H21NO2. The average molecular weight is 235 g/mol. The van der Waals surface area contributed by atoms with Gasteiger partial charge in [-0.2, -0.15) is 0 Å². The molecule has 3 heteroatoms.